The average Bonchev–Trinajstić information content (AvgIpc) is 2.74. The maximum absolute atomic E-state index is 13.8. The molecule has 0 spiro atoms. The van der Waals surface area contributed by atoms with Crippen LogP contribution < -0.4 is 5.32 Å². The number of nitro groups is 1. The van der Waals surface area contributed by atoms with E-state index in [0.29, 0.717) is 12.0 Å². The number of nitrogens with one attached hydrogen (secondary N) is 1. The SMILES string of the molecule is O=C(COC(=O)c1ccccc1Cc1ccccc1)Nc1cc([N+](=O)[O-])ccc1F. The number of amides is 1. The predicted octanol–water partition coefficient (Wildman–Crippen LogP) is 4.12. The van der Waals surface area contributed by atoms with Gasteiger partial charge >= 0.3 is 5.97 Å². The summed E-state index contributed by atoms with van der Waals surface area (Å²) in [6.07, 6.45) is 0.511. The lowest BCUT2D eigenvalue weighted by atomic mass is 10.00. The number of hydrogen-bond donors (Lipinski definition) is 1. The van der Waals surface area contributed by atoms with E-state index in [1.54, 1.807) is 24.3 Å². The summed E-state index contributed by atoms with van der Waals surface area (Å²) in [6, 6.07) is 19.2. The highest BCUT2D eigenvalue weighted by atomic mass is 19.1. The Kier molecular flexibility index (Phi) is 6.49. The minimum atomic E-state index is -0.839. The molecule has 7 nitrogen and oxygen atoms in total. The molecule has 1 N–H and O–H groups in total. The van der Waals surface area contributed by atoms with Crippen LogP contribution in [0.15, 0.2) is 72.8 Å². The predicted molar refractivity (Wildman–Crippen MR) is 108 cm³/mol. The van der Waals surface area contributed by atoms with Crippen LogP contribution in [0, 0.1) is 15.9 Å². The smallest absolute Gasteiger partial charge is 0.338 e. The fourth-order valence-corrected chi connectivity index (χ4v) is 2.81. The molecule has 0 unspecified atom stereocenters. The zero-order valence-electron chi connectivity index (χ0n) is 15.7. The Balaban J connectivity index is 1.64. The Labute approximate surface area is 171 Å². The summed E-state index contributed by atoms with van der Waals surface area (Å²) in [5.74, 6) is -2.35. The van der Waals surface area contributed by atoms with E-state index >= 15 is 0 Å². The van der Waals surface area contributed by atoms with Gasteiger partial charge in [-0.3, -0.25) is 14.9 Å². The number of non-ortho nitro benzene ring substituents is 1. The summed E-state index contributed by atoms with van der Waals surface area (Å²) < 4.78 is 18.8. The van der Waals surface area contributed by atoms with Gasteiger partial charge in [0.05, 0.1) is 16.2 Å². The number of ether oxygens (including phenoxy) is 1. The number of nitrogens with zero attached hydrogens (tertiary/aromatic N) is 1. The molecule has 0 radical (unpaired) electrons. The van der Waals surface area contributed by atoms with Gasteiger partial charge in [0.25, 0.3) is 11.6 Å². The zero-order valence-corrected chi connectivity index (χ0v) is 15.7. The quantitative estimate of drug-likeness (QED) is 0.360. The second kappa shape index (κ2) is 9.42. The number of carbonyl (C=O) groups is 2. The van der Waals surface area contributed by atoms with Gasteiger partial charge in [-0.1, -0.05) is 48.5 Å². The number of rotatable bonds is 7. The van der Waals surface area contributed by atoms with Crippen molar-refractivity contribution >= 4 is 23.3 Å². The van der Waals surface area contributed by atoms with E-state index in [1.807, 2.05) is 30.3 Å². The molecular weight excluding hydrogens is 391 g/mol. The summed E-state index contributed by atoms with van der Waals surface area (Å²) in [7, 11) is 0. The van der Waals surface area contributed by atoms with E-state index < -0.39 is 29.2 Å². The van der Waals surface area contributed by atoms with Crippen LogP contribution in [0.1, 0.15) is 21.5 Å². The first kappa shape index (κ1) is 20.7. The lowest BCUT2D eigenvalue weighted by Gasteiger charge is -2.10. The maximum atomic E-state index is 13.8. The van der Waals surface area contributed by atoms with Crippen LogP contribution in [-0.4, -0.2) is 23.4 Å². The van der Waals surface area contributed by atoms with Crippen molar-refractivity contribution < 1.29 is 23.6 Å². The van der Waals surface area contributed by atoms with Gasteiger partial charge in [-0.2, -0.15) is 0 Å². The lowest BCUT2D eigenvalue weighted by Crippen LogP contribution is -2.22. The minimum Gasteiger partial charge on any atom is -0.452 e. The number of anilines is 1. The first-order valence-corrected chi connectivity index (χ1v) is 8.97. The Bertz CT molecular complexity index is 1090. The van der Waals surface area contributed by atoms with E-state index in [0.717, 1.165) is 29.3 Å². The molecule has 3 rings (SSSR count). The molecule has 0 heterocycles. The van der Waals surface area contributed by atoms with Crippen LogP contribution in [0.2, 0.25) is 0 Å². The van der Waals surface area contributed by atoms with Crippen LogP contribution in [0.4, 0.5) is 15.8 Å². The Morgan fingerprint density at radius 2 is 1.70 bits per heavy atom. The van der Waals surface area contributed by atoms with E-state index in [1.165, 1.54) is 0 Å². The topological polar surface area (TPSA) is 98.5 Å². The summed E-state index contributed by atoms with van der Waals surface area (Å²) >= 11 is 0. The number of hydrogen-bond acceptors (Lipinski definition) is 5. The molecule has 8 heteroatoms. The molecule has 0 aliphatic rings. The van der Waals surface area contributed by atoms with Crippen LogP contribution in [0.5, 0.6) is 0 Å². The molecule has 0 aliphatic carbocycles. The molecule has 0 atom stereocenters. The Hall–Kier alpha value is -4.07. The largest absolute Gasteiger partial charge is 0.452 e. The minimum absolute atomic E-state index is 0.315. The van der Waals surface area contributed by atoms with Gasteiger partial charge in [0.1, 0.15) is 5.82 Å². The highest BCUT2D eigenvalue weighted by Gasteiger charge is 2.17. The van der Waals surface area contributed by atoms with Crippen molar-refractivity contribution in [1.82, 2.24) is 0 Å². The van der Waals surface area contributed by atoms with Gasteiger partial charge < -0.3 is 10.1 Å². The molecule has 0 aliphatic heterocycles. The fourth-order valence-electron chi connectivity index (χ4n) is 2.81. The van der Waals surface area contributed by atoms with Crippen molar-refractivity contribution in [2.45, 2.75) is 6.42 Å². The monoisotopic (exact) mass is 408 g/mol. The second-order valence-electron chi connectivity index (χ2n) is 6.37. The number of carbonyl (C=O) groups excluding carboxylic acids is 2. The number of nitro benzene ring substituents is 1. The van der Waals surface area contributed by atoms with Crippen LogP contribution in [0.3, 0.4) is 0 Å². The first-order valence-electron chi connectivity index (χ1n) is 8.97. The molecule has 0 bridgehead atoms. The lowest BCUT2D eigenvalue weighted by molar-refractivity contribution is -0.384. The summed E-state index contributed by atoms with van der Waals surface area (Å²) in [5.41, 5.74) is 1.32. The molecule has 3 aromatic rings. The van der Waals surface area contributed by atoms with E-state index in [2.05, 4.69) is 5.32 Å². The average molecular weight is 408 g/mol. The van der Waals surface area contributed by atoms with Gasteiger partial charge in [0.2, 0.25) is 0 Å². The van der Waals surface area contributed by atoms with Crippen molar-refractivity contribution in [3.05, 3.63) is 105 Å². The molecular formula is C22H17FN2O5. The maximum Gasteiger partial charge on any atom is 0.338 e. The third-order valence-corrected chi connectivity index (χ3v) is 4.24. The highest BCUT2D eigenvalue weighted by molar-refractivity contribution is 5.96. The van der Waals surface area contributed by atoms with Gasteiger partial charge in [-0.05, 0) is 29.7 Å². The van der Waals surface area contributed by atoms with E-state index in [-0.39, 0.29) is 11.4 Å². The van der Waals surface area contributed by atoms with E-state index in [4.69, 9.17) is 4.74 Å². The summed E-state index contributed by atoms with van der Waals surface area (Å²) in [4.78, 5) is 34.6. The molecule has 0 fully saturated rings. The molecule has 0 aromatic heterocycles. The zero-order chi connectivity index (χ0) is 21.5. The second-order valence-corrected chi connectivity index (χ2v) is 6.37. The Morgan fingerprint density at radius 3 is 2.43 bits per heavy atom. The van der Waals surface area contributed by atoms with Crippen LogP contribution in [-0.2, 0) is 16.0 Å². The highest BCUT2D eigenvalue weighted by Crippen LogP contribution is 2.21. The van der Waals surface area contributed by atoms with Crippen LogP contribution >= 0.6 is 0 Å². The third kappa shape index (κ3) is 5.26. The first-order chi connectivity index (χ1) is 14.4. The van der Waals surface area contributed by atoms with Crippen molar-refractivity contribution in [2.24, 2.45) is 0 Å². The standard InChI is InChI=1S/C22H17FN2O5/c23-19-11-10-17(25(28)29)13-20(19)24-21(26)14-30-22(27)18-9-5-4-8-16(18)12-15-6-2-1-3-7-15/h1-11,13H,12,14H2,(H,24,26). The van der Waals surface area contributed by atoms with E-state index in [9.17, 15) is 24.1 Å². The van der Waals surface area contributed by atoms with Crippen molar-refractivity contribution in [3.8, 4) is 0 Å². The van der Waals surface area contributed by atoms with Crippen molar-refractivity contribution in [1.29, 1.82) is 0 Å². The van der Waals surface area contributed by atoms with Gasteiger partial charge in [-0.25, -0.2) is 9.18 Å². The number of benzene rings is 3. The van der Waals surface area contributed by atoms with Gasteiger partial charge in [0, 0.05) is 12.1 Å². The molecule has 30 heavy (non-hydrogen) atoms. The fraction of sp³-hybridized carbons (Fsp3) is 0.0909. The molecule has 0 saturated carbocycles. The van der Waals surface area contributed by atoms with Crippen molar-refractivity contribution in [2.75, 3.05) is 11.9 Å². The third-order valence-electron chi connectivity index (χ3n) is 4.24. The summed E-state index contributed by atoms with van der Waals surface area (Å²) in [6.45, 7) is -0.666. The molecule has 3 aromatic carbocycles. The Morgan fingerprint density at radius 1 is 1.00 bits per heavy atom. The summed E-state index contributed by atoms with van der Waals surface area (Å²) in [5, 5.41) is 13.0. The molecule has 0 saturated heterocycles. The van der Waals surface area contributed by atoms with Crippen LogP contribution in [0.25, 0.3) is 0 Å². The number of esters is 1. The number of halogens is 1. The van der Waals surface area contributed by atoms with Gasteiger partial charge in [0.15, 0.2) is 6.61 Å². The normalized spacial score (nSPS) is 10.3. The van der Waals surface area contributed by atoms with Gasteiger partial charge in [-0.15, -0.1) is 0 Å². The molecule has 1 amide bonds. The molecule has 152 valence electrons. The van der Waals surface area contributed by atoms with Crippen molar-refractivity contribution in [3.63, 3.8) is 0 Å².